The van der Waals surface area contributed by atoms with E-state index in [0.29, 0.717) is 12.0 Å². The fourth-order valence-electron chi connectivity index (χ4n) is 2.09. The molecule has 0 saturated heterocycles. The summed E-state index contributed by atoms with van der Waals surface area (Å²) in [4.78, 5) is 11.0. The third-order valence-electron chi connectivity index (χ3n) is 3.32. The standard InChI is InChI=1S/C10H13N3O2/c14-10(15)8-9(6-4-5-6)13(12-11-8)7-2-1-3-7/h6-7H,1-5H2,(H,14,15). The van der Waals surface area contributed by atoms with E-state index < -0.39 is 5.97 Å². The number of carboxylic acid groups (broad SMARTS) is 1. The molecule has 0 atom stereocenters. The van der Waals surface area contributed by atoms with Gasteiger partial charge in [-0.15, -0.1) is 5.10 Å². The normalized spacial score (nSPS) is 21.3. The van der Waals surface area contributed by atoms with Crippen LogP contribution in [0.25, 0.3) is 0 Å². The highest BCUT2D eigenvalue weighted by Crippen LogP contribution is 2.44. The molecule has 3 rings (SSSR count). The number of rotatable bonds is 3. The minimum Gasteiger partial charge on any atom is -0.476 e. The van der Waals surface area contributed by atoms with Gasteiger partial charge in [0.05, 0.1) is 11.7 Å². The van der Waals surface area contributed by atoms with E-state index in [1.807, 2.05) is 4.68 Å². The number of hydrogen-bond donors (Lipinski definition) is 1. The zero-order chi connectivity index (χ0) is 10.4. The van der Waals surface area contributed by atoms with Crippen molar-refractivity contribution >= 4 is 5.97 Å². The van der Waals surface area contributed by atoms with Crippen LogP contribution in [0.15, 0.2) is 0 Å². The van der Waals surface area contributed by atoms with Crippen molar-refractivity contribution in [2.24, 2.45) is 0 Å². The molecule has 0 aliphatic heterocycles. The van der Waals surface area contributed by atoms with Crippen LogP contribution in [0.5, 0.6) is 0 Å². The molecule has 5 nitrogen and oxygen atoms in total. The molecule has 2 fully saturated rings. The Bertz CT molecular complexity index is 405. The third-order valence-corrected chi connectivity index (χ3v) is 3.32. The molecule has 2 saturated carbocycles. The molecule has 0 radical (unpaired) electrons. The zero-order valence-corrected chi connectivity index (χ0v) is 8.39. The van der Waals surface area contributed by atoms with Crippen LogP contribution in [0.4, 0.5) is 0 Å². The van der Waals surface area contributed by atoms with Gasteiger partial charge in [0.2, 0.25) is 0 Å². The molecule has 0 bridgehead atoms. The van der Waals surface area contributed by atoms with Gasteiger partial charge in [0, 0.05) is 5.92 Å². The van der Waals surface area contributed by atoms with Gasteiger partial charge >= 0.3 is 5.97 Å². The van der Waals surface area contributed by atoms with Gasteiger partial charge in [-0.1, -0.05) is 5.21 Å². The van der Waals surface area contributed by atoms with Gasteiger partial charge in [-0.3, -0.25) is 0 Å². The number of nitrogens with zero attached hydrogens (tertiary/aromatic N) is 3. The Morgan fingerprint density at radius 3 is 2.53 bits per heavy atom. The molecule has 0 aromatic carbocycles. The Balaban J connectivity index is 2.01. The summed E-state index contributed by atoms with van der Waals surface area (Å²) in [7, 11) is 0. The molecule has 1 N–H and O–H groups in total. The van der Waals surface area contributed by atoms with Crippen LogP contribution >= 0.6 is 0 Å². The van der Waals surface area contributed by atoms with E-state index in [1.54, 1.807) is 0 Å². The lowest BCUT2D eigenvalue weighted by atomic mass is 9.93. The van der Waals surface area contributed by atoms with E-state index in [9.17, 15) is 4.79 Å². The second kappa shape index (κ2) is 3.05. The molecule has 15 heavy (non-hydrogen) atoms. The summed E-state index contributed by atoms with van der Waals surface area (Å²) < 4.78 is 1.87. The van der Waals surface area contributed by atoms with Crippen molar-refractivity contribution < 1.29 is 9.90 Å². The van der Waals surface area contributed by atoms with E-state index in [-0.39, 0.29) is 5.69 Å². The Labute approximate surface area is 87.1 Å². The Hall–Kier alpha value is -1.39. The lowest BCUT2D eigenvalue weighted by molar-refractivity contribution is 0.0689. The van der Waals surface area contributed by atoms with Crippen LogP contribution in [-0.2, 0) is 0 Å². The van der Waals surface area contributed by atoms with Gasteiger partial charge in [-0.05, 0) is 32.1 Å². The third kappa shape index (κ3) is 1.33. The molecule has 2 aliphatic carbocycles. The average Bonchev–Trinajstić information content (AvgIpc) is 2.85. The van der Waals surface area contributed by atoms with Gasteiger partial charge in [-0.2, -0.15) is 0 Å². The number of hydrogen-bond acceptors (Lipinski definition) is 3. The van der Waals surface area contributed by atoms with Gasteiger partial charge in [-0.25, -0.2) is 9.48 Å². The summed E-state index contributed by atoms with van der Waals surface area (Å²) in [6.45, 7) is 0. The molecule has 0 unspecified atom stereocenters. The molecule has 1 aromatic rings. The minimum atomic E-state index is -0.942. The van der Waals surface area contributed by atoms with Crippen LogP contribution in [0.2, 0.25) is 0 Å². The monoisotopic (exact) mass is 207 g/mol. The van der Waals surface area contributed by atoms with E-state index in [2.05, 4.69) is 10.3 Å². The maximum absolute atomic E-state index is 11.0. The fourth-order valence-corrected chi connectivity index (χ4v) is 2.09. The smallest absolute Gasteiger partial charge is 0.358 e. The second-order valence-corrected chi connectivity index (χ2v) is 4.43. The average molecular weight is 207 g/mol. The summed E-state index contributed by atoms with van der Waals surface area (Å²) >= 11 is 0. The first kappa shape index (κ1) is 8.88. The van der Waals surface area contributed by atoms with Crippen LogP contribution in [0.3, 0.4) is 0 Å². The van der Waals surface area contributed by atoms with Gasteiger partial charge in [0.15, 0.2) is 5.69 Å². The minimum absolute atomic E-state index is 0.171. The summed E-state index contributed by atoms with van der Waals surface area (Å²) in [5, 5.41) is 16.8. The first-order valence-electron chi connectivity index (χ1n) is 5.45. The molecule has 1 heterocycles. The summed E-state index contributed by atoms with van der Waals surface area (Å²) in [5.41, 5.74) is 1.04. The SMILES string of the molecule is O=C(O)c1nnn(C2CCC2)c1C1CC1. The van der Waals surface area contributed by atoms with Crippen molar-refractivity contribution in [1.29, 1.82) is 0 Å². The van der Waals surface area contributed by atoms with Gasteiger partial charge in [0.1, 0.15) is 0 Å². The van der Waals surface area contributed by atoms with Crippen LogP contribution < -0.4 is 0 Å². The Kier molecular flexibility index (Phi) is 1.81. The van der Waals surface area contributed by atoms with Crippen molar-refractivity contribution in [3.8, 4) is 0 Å². The number of carbonyl (C=O) groups is 1. The summed E-state index contributed by atoms with van der Waals surface area (Å²) in [5.74, 6) is -0.547. The quantitative estimate of drug-likeness (QED) is 0.817. The van der Waals surface area contributed by atoms with Crippen molar-refractivity contribution in [3.05, 3.63) is 11.4 Å². The topological polar surface area (TPSA) is 68.0 Å². The first-order valence-corrected chi connectivity index (χ1v) is 5.45. The fraction of sp³-hybridized carbons (Fsp3) is 0.700. The molecular formula is C10H13N3O2. The molecular weight excluding hydrogens is 194 g/mol. The molecule has 0 amide bonds. The summed E-state index contributed by atoms with van der Waals surface area (Å²) in [6.07, 6.45) is 5.61. The molecule has 0 spiro atoms. The number of carboxylic acids is 1. The van der Waals surface area contributed by atoms with Crippen molar-refractivity contribution in [1.82, 2.24) is 15.0 Å². The number of aromatic carboxylic acids is 1. The second-order valence-electron chi connectivity index (χ2n) is 4.43. The van der Waals surface area contributed by atoms with E-state index in [4.69, 9.17) is 5.11 Å². The molecule has 1 aromatic heterocycles. The highest BCUT2D eigenvalue weighted by Gasteiger charge is 2.36. The van der Waals surface area contributed by atoms with Crippen molar-refractivity contribution in [2.75, 3.05) is 0 Å². The van der Waals surface area contributed by atoms with Gasteiger partial charge in [0.25, 0.3) is 0 Å². The zero-order valence-electron chi connectivity index (χ0n) is 8.39. The van der Waals surface area contributed by atoms with Crippen LogP contribution in [-0.4, -0.2) is 26.1 Å². The van der Waals surface area contributed by atoms with Gasteiger partial charge < -0.3 is 5.11 Å². The highest BCUT2D eigenvalue weighted by atomic mass is 16.4. The lowest BCUT2D eigenvalue weighted by Gasteiger charge is -2.26. The highest BCUT2D eigenvalue weighted by molar-refractivity contribution is 5.86. The van der Waals surface area contributed by atoms with E-state index in [0.717, 1.165) is 31.4 Å². The van der Waals surface area contributed by atoms with E-state index >= 15 is 0 Å². The van der Waals surface area contributed by atoms with Crippen LogP contribution in [0.1, 0.15) is 60.2 Å². The molecule has 80 valence electrons. The maximum Gasteiger partial charge on any atom is 0.358 e. The van der Waals surface area contributed by atoms with Crippen LogP contribution in [0, 0.1) is 0 Å². The lowest BCUT2D eigenvalue weighted by Crippen LogP contribution is -2.20. The summed E-state index contributed by atoms with van der Waals surface area (Å²) in [6, 6.07) is 0.404. The first-order chi connectivity index (χ1) is 7.27. The largest absolute Gasteiger partial charge is 0.476 e. The maximum atomic E-state index is 11.0. The van der Waals surface area contributed by atoms with Crippen molar-refractivity contribution in [3.63, 3.8) is 0 Å². The Morgan fingerprint density at radius 2 is 2.07 bits per heavy atom. The van der Waals surface area contributed by atoms with Crippen molar-refractivity contribution in [2.45, 2.75) is 44.1 Å². The predicted octanol–water partition coefficient (Wildman–Crippen LogP) is 1.58. The predicted molar refractivity (Wildman–Crippen MR) is 51.8 cm³/mol. The number of aromatic nitrogens is 3. The molecule has 2 aliphatic rings. The van der Waals surface area contributed by atoms with E-state index in [1.165, 1.54) is 6.42 Å². The molecule has 5 heteroatoms. The Morgan fingerprint density at radius 1 is 1.33 bits per heavy atom.